The van der Waals surface area contributed by atoms with E-state index >= 15 is 0 Å². The maximum Gasteiger partial charge on any atom is 0.266 e. The van der Waals surface area contributed by atoms with Gasteiger partial charge in [-0.2, -0.15) is 5.26 Å². The third-order valence-corrected chi connectivity index (χ3v) is 4.82. The molecule has 1 N–H and O–H groups in total. The molecule has 6 nitrogen and oxygen atoms in total. The van der Waals surface area contributed by atoms with Crippen molar-refractivity contribution in [2.45, 2.75) is 13.8 Å². The van der Waals surface area contributed by atoms with E-state index < -0.39 is 5.91 Å². The first-order valence-corrected chi connectivity index (χ1v) is 9.38. The predicted molar refractivity (Wildman–Crippen MR) is 117 cm³/mol. The van der Waals surface area contributed by atoms with Crippen LogP contribution < -0.4 is 14.8 Å². The average molecular weight is 401 g/mol. The molecule has 1 aromatic heterocycles. The van der Waals surface area contributed by atoms with E-state index in [4.69, 9.17) is 9.47 Å². The van der Waals surface area contributed by atoms with Crippen molar-refractivity contribution in [1.82, 2.24) is 4.57 Å². The van der Waals surface area contributed by atoms with Gasteiger partial charge in [-0.1, -0.05) is 12.1 Å². The Morgan fingerprint density at radius 3 is 2.40 bits per heavy atom. The largest absolute Gasteiger partial charge is 0.497 e. The number of rotatable bonds is 6. The number of aromatic nitrogens is 1. The van der Waals surface area contributed by atoms with Crippen molar-refractivity contribution in [2.75, 3.05) is 19.5 Å². The van der Waals surface area contributed by atoms with E-state index in [1.54, 1.807) is 31.4 Å². The maximum absolute atomic E-state index is 12.7. The third kappa shape index (κ3) is 4.20. The zero-order chi connectivity index (χ0) is 21.7. The van der Waals surface area contributed by atoms with E-state index in [2.05, 4.69) is 9.88 Å². The first-order chi connectivity index (χ1) is 14.5. The monoisotopic (exact) mass is 401 g/mol. The molecule has 0 aliphatic carbocycles. The molecule has 0 unspecified atom stereocenters. The number of ether oxygens (including phenoxy) is 2. The fourth-order valence-electron chi connectivity index (χ4n) is 3.30. The third-order valence-electron chi connectivity index (χ3n) is 4.82. The maximum atomic E-state index is 12.7. The number of carbonyl (C=O) groups excluding carboxylic acids is 1. The van der Waals surface area contributed by atoms with Gasteiger partial charge in [0.1, 0.15) is 23.1 Å². The van der Waals surface area contributed by atoms with E-state index in [9.17, 15) is 10.1 Å². The van der Waals surface area contributed by atoms with Crippen LogP contribution in [0.15, 0.2) is 60.2 Å². The van der Waals surface area contributed by atoms with Crippen molar-refractivity contribution >= 4 is 17.7 Å². The highest BCUT2D eigenvalue weighted by Crippen LogP contribution is 2.26. The molecule has 2 aromatic carbocycles. The van der Waals surface area contributed by atoms with Crippen molar-refractivity contribution in [3.05, 3.63) is 77.1 Å². The van der Waals surface area contributed by atoms with E-state index in [1.165, 1.54) is 7.11 Å². The van der Waals surface area contributed by atoms with E-state index in [0.29, 0.717) is 11.4 Å². The van der Waals surface area contributed by atoms with E-state index in [0.717, 1.165) is 28.4 Å². The van der Waals surface area contributed by atoms with Gasteiger partial charge in [-0.25, -0.2) is 0 Å². The number of carbonyl (C=O) groups is 1. The molecule has 0 aliphatic rings. The molecule has 1 heterocycles. The zero-order valence-corrected chi connectivity index (χ0v) is 17.4. The van der Waals surface area contributed by atoms with Gasteiger partial charge in [-0.3, -0.25) is 4.79 Å². The fourth-order valence-corrected chi connectivity index (χ4v) is 3.30. The molecule has 152 valence electrons. The highest BCUT2D eigenvalue weighted by molar-refractivity contribution is 6.10. The zero-order valence-electron chi connectivity index (χ0n) is 17.4. The number of para-hydroxylation sites is 2. The van der Waals surface area contributed by atoms with Crippen LogP contribution in [0.25, 0.3) is 11.8 Å². The van der Waals surface area contributed by atoms with Gasteiger partial charge in [-0.05, 0) is 68.0 Å². The number of amides is 1. The van der Waals surface area contributed by atoms with Crippen LogP contribution in [0.5, 0.6) is 11.5 Å². The first-order valence-electron chi connectivity index (χ1n) is 9.38. The number of anilines is 1. The quantitative estimate of drug-likeness (QED) is 0.482. The Kier molecular flexibility index (Phi) is 6.23. The molecule has 0 saturated heterocycles. The summed E-state index contributed by atoms with van der Waals surface area (Å²) >= 11 is 0. The second-order valence-corrected chi connectivity index (χ2v) is 6.68. The highest BCUT2D eigenvalue weighted by Gasteiger charge is 2.15. The normalized spacial score (nSPS) is 11.0. The van der Waals surface area contributed by atoms with Crippen molar-refractivity contribution in [2.24, 2.45) is 0 Å². The second kappa shape index (κ2) is 9.01. The van der Waals surface area contributed by atoms with Crippen LogP contribution in [0.4, 0.5) is 5.69 Å². The standard InChI is InChI=1S/C24H23N3O3/c1-16-13-18(17(2)27(16)20-9-11-21(29-3)12-10-20)14-19(15-25)24(28)26-22-7-5-6-8-23(22)30-4/h5-14H,1-4H3,(H,26,28)/b19-14-. The smallest absolute Gasteiger partial charge is 0.266 e. The molecule has 0 atom stereocenters. The van der Waals surface area contributed by atoms with Crippen LogP contribution >= 0.6 is 0 Å². The average Bonchev–Trinajstić information content (AvgIpc) is 3.05. The Balaban J connectivity index is 1.92. The van der Waals surface area contributed by atoms with Gasteiger partial charge in [0, 0.05) is 17.1 Å². The van der Waals surface area contributed by atoms with Crippen LogP contribution in [-0.2, 0) is 4.79 Å². The Labute approximate surface area is 176 Å². The lowest BCUT2D eigenvalue weighted by Crippen LogP contribution is -2.14. The summed E-state index contributed by atoms with van der Waals surface area (Å²) in [5.74, 6) is 0.818. The SMILES string of the molecule is COc1ccc(-n2c(C)cc(/C=C(/C#N)C(=O)Nc3ccccc3OC)c2C)cc1. The van der Waals surface area contributed by atoms with Gasteiger partial charge in [0.25, 0.3) is 5.91 Å². The van der Waals surface area contributed by atoms with Crippen LogP contribution in [-0.4, -0.2) is 24.7 Å². The summed E-state index contributed by atoms with van der Waals surface area (Å²) in [7, 11) is 3.16. The Morgan fingerprint density at radius 1 is 1.07 bits per heavy atom. The molecule has 1 amide bonds. The number of nitrogens with zero attached hydrogens (tertiary/aromatic N) is 2. The second-order valence-electron chi connectivity index (χ2n) is 6.68. The van der Waals surface area contributed by atoms with Gasteiger partial charge < -0.3 is 19.4 Å². The van der Waals surface area contributed by atoms with E-state index in [-0.39, 0.29) is 5.57 Å². The van der Waals surface area contributed by atoms with Crippen molar-refractivity contribution < 1.29 is 14.3 Å². The molecule has 0 radical (unpaired) electrons. The minimum absolute atomic E-state index is 0.0101. The lowest BCUT2D eigenvalue weighted by molar-refractivity contribution is -0.112. The molecule has 3 aromatic rings. The molecule has 30 heavy (non-hydrogen) atoms. The lowest BCUT2D eigenvalue weighted by Gasteiger charge is -2.11. The van der Waals surface area contributed by atoms with Gasteiger partial charge in [0.05, 0.1) is 19.9 Å². The predicted octanol–water partition coefficient (Wildman–Crippen LogP) is 4.66. The Hall–Kier alpha value is -3.98. The van der Waals surface area contributed by atoms with E-state index in [1.807, 2.05) is 56.3 Å². The molecule has 0 aliphatic heterocycles. The molecular weight excluding hydrogens is 378 g/mol. The number of methoxy groups -OCH3 is 2. The molecule has 0 saturated carbocycles. The summed E-state index contributed by atoms with van der Waals surface area (Å²) in [5, 5.41) is 12.3. The minimum atomic E-state index is -0.490. The van der Waals surface area contributed by atoms with Crippen LogP contribution in [0.2, 0.25) is 0 Å². The summed E-state index contributed by atoms with van der Waals surface area (Å²) in [6, 6.07) is 18.7. The topological polar surface area (TPSA) is 76.3 Å². The number of nitrogens with one attached hydrogen (secondary N) is 1. The van der Waals surface area contributed by atoms with Crippen molar-refractivity contribution in [1.29, 1.82) is 5.26 Å². The minimum Gasteiger partial charge on any atom is -0.497 e. The molecule has 0 fully saturated rings. The number of aryl methyl sites for hydroxylation is 1. The highest BCUT2D eigenvalue weighted by atomic mass is 16.5. The molecule has 3 rings (SSSR count). The van der Waals surface area contributed by atoms with Crippen molar-refractivity contribution in [3.63, 3.8) is 0 Å². The van der Waals surface area contributed by atoms with Crippen LogP contribution in [0, 0.1) is 25.2 Å². The van der Waals surface area contributed by atoms with Gasteiger partial charge in [-0.15, -0.1) is 0 Å². The first kappa shape index (κ1) is 20.7. The molecule has 6 heteroatoms. The van der Waals surface area contributed by atoms with Gasteiger partial charge in [0.15, 0.2) is 0 Å². The molecule has 0 bridgehead atoms. The van der Waals surface area contributed by atoms with Gasteiger partial charge >= 0.3 is 0 Å². The fraction of sp³-hybridized carbons (Fsp3) is 0.167. The van der Waals surface area contributed by atoms with Crippen molar-refractivity contribution in [3.8, 4) is 23.3 Å². The number of nitriles is 1. The van der Waals surface area contributed by atoms with Gasteiger partial charge in [0.2, 0.25) is 0 Å². The molecule has 0 spiro atoms. The van der Waals surface area contributed by atoms with Crippen LogP contribution in [0.1, 0.15) is 17.0 Å². The summed E-state index contributed by atoms with van der Waals surface area (Å²) in [6.07, 6.45) is 1.60. The number of benzene rings is 2. The number of hydrogen-bond donors (Lipinski definition) is 1. The summed E-state index contributed by atoms with van der Waals surface area (Å²) in [6.45, 7) is 3.94. The Bertz CT molecular complexity index is 1140. The van der Waals surface area contributed by atoms with Crippen LogP contribution in [0.3, 0.4) is 0 Å². The number of hydrogen-bond acceptors (Lipinski definition) is 4. The summed E-state index contributed by atoms with van der Waals surface area (Å²) < 4.78 is 12.5. The lowest BCUT2D eigenvalue weighted by atomic mass is 10.1. The Morgan fingerprint density at radius 2 is 1.77 bits per heavy atom. The summed E-state index contributed by atoms with van der Waals surface area (Å²) in [5.41, 5.74) is 4.21. The molecular formula is C24H23N3O3. The summed E-state index contributed by atoms with van der Waals surface area (Å²) in [4.78, 5) is 12.7.